The minimum absolute atomic E-state index is 0.0630. The van der Waals surface area contributed by atoms with E-state index in [0.29, 0.717) is 25.1 Å². The number of pyridine rings is 1. The Balaban J connectivity index is 1.43. The van der Waals surface area contributed by atoms with Crippen LogP contribution in [-0.4, -0.2) is 47.1 Å². The smallest absolute Gasteiger partial charge is 0.416 e. The number of urea groups is 1. The van der Waals surface area contributed by atoms with Gasteiger partial charge in [-0.1, -0.05) is 6.08 Å². The van der Waals surface area contributed by atoms with E-state index in [1.54, 1.807) is 11.1 Å². The molecule has 35 heavy (non-hydrogen) atoms. The van der Waals surface area contributed by atoms with E-state index < -0.39 is 23.7 Å². The lowest BCUT2D eigenvalue weighted by Gasteiger charge is -2.27. The molecule has 0 saturated carbocycles. The molecule has 3 heterocycles. The first-order valence-electron chi connectivity index (χ1n) is 10.6. The molecule has 1 aliphatic rings. The summed E-state index contributed by atoms with van der Waals surface area (Å²) in [7, 11) is 1.26. The number of rotatable bonds is 4. The van der Waals surface area contributed by atoms with E-state index >= 15 is 0 Å². The van der Waals surface area contributed by atoms with Crippen LogP contribution in [0.3, 0.4) is 0 Å². The van der Waals surface area contributed by atoms with E-state index in [9.17, 15) is 22.8 Å². The number of nitrogens with zero attached hydrogens (tertiary/aromatic N) is 3. The number of hydrogen-bond donors (Lipinski definition) is 1. The third-order valence-electron chi connectivity index (χ3n) is 5.55. The van der Waals surface area contributed by atoms with Crippen LogP contribution in [0.15, 0.2) is 53.4 Å². The topological polar surface area (TPSA) is 97.6 Å². The summed E-state index contributed by atoms with van der Waals surface area (Å²) in [5.74, 6) is -0.345. The molecule has 0 unspecified atom stereocenters. The van der Waals surface area contributed by atoms with E-state index in [2.05, 4.69) is 15.3 Å². The number of nitrogens with one attached hydrogen (secondary N) is 1. The lowest BCUT2D eigenvalue weighted by Crippen LogP contribution is -2.38. The first-order chi connectivity index (χ1) is 16.7. The summed E-state index contributed by atoms with van der Waals surface area (Å²) in [6.45, 7) is 2.61. The van der Waals surface area contributed by atoms with Gasteiger partial charge in [-0.05, 0) is 54.8 Å². The van der Waals surface area contributed by atoms with Gasteiger partial charge in [0.05, 0.1) is 18.4 Å². The predicted octanol–water partition coefficient (Wildman–Crippen LogP) is 5.17. The molecule has 2 aromatic heterocycles. The first kappa shape index (κ1) is 24.0. The molecular weight excluding hydrogens is 465 g/mol. The zero-order chi connectivity index (χ0) is 25.2. The highest BCUT2D eigenvalue weighted by molar-refractivity contribution is 5.93. The van der Waals surface area contributed by atoms with Gasteiger partial charge in [0.1, 0.15) is 0 Å². The molecule has 11 heteroatoms. The standard InChI is InChI=1S/C24H21F3N4O4/c1-14-11-16(21-20(22(32)34-2)29-13-35-21)12-28-19(14)15-7-9-31(10-8-15)23(33)30-18-5-3-17(4-6-18)24(25,26)27/h3-7,11-13H,8-10H2,1-2H3,(H,30,33). The molecule has 4 rings (SSSR count). The third kappa shape index (κ3) is 5.18. The van der Waals surface area contributed by atoms with Crippen LogP contribution in [0.4, 0.5) is 23.7 Å². The van der Waals surface area contributed by atoms with Gasteiger partial charge in [0.25, 0.3) is 0 Å². The molecule has 0 spiro atoms. The minimum Gasteiger partial charge on any atom is -0.464 e. The fraction of sp³-hybridized carbons (Fsp3) is 0.250. The van der Waals surface area contributed by atoms with Gasteiger partial charge in [0, 0.05) is 30.5 Å². The first-order valence-corrected chi connectivity index (χ1v) is 10.6. The summed E-state index contributed by atoms with van der Waals surface area (Å²) < 4.78 is 48.2. The zero-order valence-electron chi connectivity index (χ0n) is 18.8. The van der Waals surface area contributed by atoms with Crippen molar-refractivity contribution in [1.82, 2.24) is 14.9 Å². The van der Waals surface area contributed by atoms with Crippen molar-refractivity contribution in [2.75, 3.05) is 25.5 Å². The lowest BCUT2D eigenvalue weighted by atomic mass is 9.99. The number of esters is 1. The fourth-order valence-electron chi connectivity index (χ4n) is 3.74. The Hall–Kier alpha value is -4.15. The number of aryl methyl sites for hydroxylation is 1. The summed E-state index contributed by atoms with van der Waals surface area (Å²) >= 11 is 0. The number of anilines is 1. The number of amides is 2. The second kappa shape index (κ2) is 9.61. The van der Waals surface area contributed by atoms with Gasteiger partial charge in [-0.3, -0.25) is 4.98 Å². The van der Waals surface area contributed by atoms with Crippen LogP contribution in [-0.2, 0) is 10.9 Å². The molecule has 3 aromatic rings. The maximum absolute atomic E-state index is 12.7. The highest BCUT2D eigenvalue weighted by Gasteiger charge is 2.30. The fourth-order valence-corrected chi connectivity index (χ4v) is 3.74. The Bertz CT molecular complexity index is 1280. The number of alkyl halides is 3. The number of carbonyl (C=O) groups is 2. The van der Waals surface area contributed by atoms with Gasteiger partial charge in [0.2, 0.25) is 0 Å². The molecule has 0 aliphatic carbocycles. The number of hydrogen-bond acceptors (Lipinski definition) is 6. The van der Waals surface area contributed by atoms with Crippen molar-refractivity contribution in [1.29, 1.82) is 0 Å². The van der Waals surface area contributed by atoms with Crippen LogP contribution in [0.2, 0.25) is 0 Å². The van der Waals surface area contributed by atoms with Gasteiger partial charge < -0.3 is 19.4 Å². The van der Waals surface area contributed by atoms with Crippen LogP contribution in [0.1, 0.15) is 33.7 Å². The number of carbonyl (C=O) groups excluding carboxylic acids is 2. The minimum atomic E-state index is -4.43. The molecule has 0 fully saturated rings. The van der Waals surface area contributed by atoms with Gasteiger partial charge in [-0.2, -0.15) is 13.2 Å². The SMILES string of the molecule is COC(=O)c1ncoc1-c1cnc(C2=CCN(C(=O)Nc3ccc(C(F)(F)F)cc3)CC2)c(C)c1. The number of methoxy groups -OCH3 is 1. The van der Waals surface area contributed by atoms with Gasteiger partial charge in [-0.25, -0.2) is 14.6 Å². The Morgan fingerprint density at radius 1 is 1.17 bits per heavy atom. The van der Waals surface area contributed by atoms with Crippen LogP contribution < -0.4 is 5.32 Å². The highest BCUT2D eigenvalue weighted by atomic mass is 19.4. The largest absolute Gasteiger partial charge is 0.464 e. The predicted molar refractivity (Wildman–Crippen MR) is 120 cm³/mol. The van der Waals surface area contributed by atoms with Crippen LogP contribution >= 0.6 is 0 Å². The van der Waals surface area contributed by atoms with Gasteiger partial charge >= 0.3 is 18.2 Å². The summed E-state index contributed by atoms with van der Waals surface area (Å²) in [6, 6.07) is 5.73. The molecule has 1 N–H and O–H groups in total. The van der Waals surface area contributed by atoms with E-state index in [4.69, 9.17) is 9.15 Å². The van der Waals surface area contributed by atoms with Crippen molar-refractivity contribution in [3.05, 3.63) is 71.5 Å². The average molecular weight is 486 g/mol. The van der Waals surface area contributed by atoms with Gasteiger partial charge in [0.15, 0.2) is 17.8 Å². The number of halogens is 3. The van der Waals surface area contributed by atoms with Crippen molar-refractivity contribution in [2.45, 2.75) is 19.5 Å². The summed E-state index contributed by atoms with van der Waals surface area (Å²) in [5.41, 5.74) is 2.72. The van der Waals surface area contributed by atoms with E-state index in [-0.39, 0.29) is 17.1 Å². The normalized spacial score (nSPS) is 13.9. The second-order valence-corrected chi connectivity index (χ2v) is 7.84. The Kier molecular flexibility index (Phi) is 6.59. The molecule has 1 aromatic carbocycles. The van der Waals surface area contributed by atoms with Crippen LogP contribution in [0.5, 0.6) is 0 Å². The quantitative estimate of drug-likeness (QED) is 0.511. The maximum Gasteiger partial charge on any atom is 0.416 e. The zero-order valence-corrected chi connectivity index (χ0v) is 18.8. The lowest BCUT2D eigenvalue weighted by molar-refractivity contribution is -0.137. The number of benzene rings is 1. The van der Waals surface area contributed by atoms with Crippen molar-refractivity contribution in [2.24, 2.45) is 0 Å². The molecule has 0 bridgehead atoms. The number of aromatic nitrogens is 2. The molecule has 0 saturated heterocycles. The molecule has 2 amide bonds. The molecule has 0 radical (unpaired) electrons. The monoisotopic (exact) mass is 486 g/mol. The Labute approximate surface area is 198 Å². The second-order valence-electron chi connectivity index (χ2n) is 7.84. The summed E-state index contributed by atoms with van der Waals surface area (Å²) in [5, 5.41) is 2.62. The molecule has 0 atom stereocenters. The van der Waals surface area contributed by atoms with Crippen LogP contribution in [0.25, 0.3) is 16.9 Å². The number of oxazole rings is 1. The van der Waals surface area contributed by atoms with E-state index in [0.717, 1.165) is 29.0 Å². The molecular formula is C24H21F3N4O4. The van der Waals surface area contributed by atoms with Crippen molar-refractivity contribution >= 4 is 23.3 Å². The Morgan fingerprint density at radius 2 is 1.91 bits per heavy atom. The van der Waals surface area contributed by atoms with Crippen molar-refractivity contribution in [3.63, 3.8) is 0 Å². The third-order valence-corrected chi connectivity index (χ3v) is 5.55. The molecule has 1 aliphatic heterocycles. The van der Waals surface area contributed by atoms with Crippen molar-refractivity contribution < 1.29 is 31.9 Å². The number of ether oxygens (including phenoxy) is 1. The average Bonchev–Trinajstić information content (AvgIpc) is 3.33. The van der Waals surface area contributed by atoms with Gasteiger partial charge in [-0.15, -0.1) is 0 Å². The summed E-state index contributed by atoms with van der Waals surface area (Å²) in [6.07, 6.45) is 0.751. The van der Waals surface area contributed by atoms with E-state index in [1.165, 1.54) is 25.6 Å². The van der Waals surface area contributed by atoms with Crippen LogP contribution in [0, 0.1) is 6.92 Å². The highest BCUT2D eigenvalue weighted by Crippen LogP contribution is 2.31. The van der Waals surface area contributed by atoms with E-state index in [1.807, 2.05) is 19.1 Å². The summed E-state index contributed by atoms with van der Waals surface area (Å²) in [4.78, 5) is 34.4. The Morgan fingerprint density at radius 3 is 2.51 bits per heavy atom. The molecule has 8 nitrogen and oxygen atoms in total. The van der Waals surface area contributed by atoms with Crippen molar-refractivity contribution in [3.8, 4) is 11.3 Å². The molecule has 182 valence electrons. The maximum atomic E-state index is 12.7.